The molecule has 1 unspecified atom stereocenters. The first-order chi connectivity index (χ1) is 7.83. The van der Waals surface area contributed by atoms with E-state index in [4.69, 9.17) is 4.74 Å². The number of ether oxygens (including phenoxy) is 1. The van der Waals surface area contributed by atoms with Gasteiger partial charge in [-0.1, -0.05) is 15.9 Å². The zero-order valence-corrected chi connectivity index (χ0v) is 10.3. The van der Waals surface area contributed by atoms with Gasteiger partial charge in [0.05, 0.1) is 17.6 Å². The summed E-state index contributed by atoms with van der Waals surface area (Å²) in [5.41, 5.74) is 2.02. The summed E-state index contributed by atoms with van der Waals surface area (Å²) < 4.78 is 6.71. The Morgan fingerprint density at radius 2 is 2.38 bits per heavy atom. The second kappa shape index (κ2) is 4.16. The van der Waals surface area contributed by atoms with Gasteiger partial charge in [-0.25, -0.2) is 4.98 Å². The molecule has 2 heterocycles. The molecule has 1 atom stereocenters. The van der Waals surface area contributed by atoms with Crippen LogP contribution >= 0.6 is 15.9 Å². The van der Waals surface area contributed by atoms with Gasteiger partial charge in [0.15, 0.2) is 0 Å². The molecule has 1 aliphatic rings. The van der Waals surface area contributed by atoms with Crippen LogP contribution in [0.4, 0.5) is 0 Å². The number of benzene rings is 1. The Hall–Kier alpha value is -0.910. The predicted molar refractivity (Wildman–Crippen MR) is 65.4 cm³/mol. The third-order valence-corrected chi connectivity index (χ3v) is 3.19. The maximum atomic E-state index is 5.66. The molecule has 0 bridgehead atoms. The Labute approximate surface area is 102 Å². The number of nitrogens with one attached hydrogen (secondary N) is 2. The highest BCUT2D eigenvalue weighted by molar-refractivity contribution is 9.10. The van der Waals surface area contributed by atoms with E-state index in [0.717, 1.165) is 41.0 Å². The highest BCUT2D eigenvalue weighted by atomic mass is 79.9. The lowest BCUT2D eigenvalue weighted by atomic mass is 10.3. The number of fused-ring (bicyclic) bond motifs is 1. The molecule has 84 valence electrons. The number of morpholine rings is 1. The summed E-state index contributed by atoms with van der Waals surface area (Å²) >= 11 is 3.45. The molecule has 2 N–H and O–H groups in total. The van der Waals surface area contributed by atoms with Gasteiger partial charge in [0.25, 0.3) is 0 Å². The number of aromatic nitrogens is 2. The lowest BCUT2D eigenvalue weighted by Gasteiger charge is -2.21. The van der Waals surface area contributed by atoms with Gasteiger partial charge in [-0.15, -0.1) is 0 Å². The van der Waals surface area contributed by atoms with E-state index in [2.05, 4.69) is 31.2 Å². The summed E-state index contributed by atoms with van der Waals surface area (Å²) in [5.74, 6) is 0.903. The Morgan fingerprint density at radius 1 is 1.44 bits per heavy atom. The maximum Gasteiger partial charge on any atom is 0.137 e. The van der Waals surface area contributed by atoms with Gasteiger partial charge in [0.2, 0.25) is 0 Å². The van der Waals surface area contributed by atoms with Crippen molar-refractivity contribution in [1.82, 2.24) is 15.3 Å². The molecule has 0 radical (unpaired) electrons. The van der Waals surface area contributed by atoms with E-state index in [-0.39, 0.29) is 6.10 Å². The third-order valence-electron chi connectivity index (χ3n) is 2.69. The number of hydrogen-bond acceptors (Lipinski definition) is 3. The molecule has 0 aliphatic carbocycles. The fourth-order valence-corrected chi connectivity index (χ4v) is 2.26. The molecule has 0 spiro atoms. The second-order valence-electron chi connectivity index (χ2n) is 3.85. The molecule has 0 saturated carbocycles. The Kier molecular flexibility index (Phi) is 2.67. The molecule has 1 aliphatic heterocycles. The van der Waals surface area contributed by atoms with E-state index < -0.39 is 0 Å². The van der Waals surface area contributed by atoms with Crippen LogP contribution in [0.15, 0.2) is 22.7 Å². The van der Waals surface area contributed by atoms with Crippen molar-refractivity contribution in [3.8, 4) is 0 Å². The van der Waals surface area contributed by atoms with Crippen molar-refractivity contribution in [3.05, 3.63) is 28.5 Å². The number of halogens is 1. The molecule has 1 aromatic carbocycles. The van der Waals surface area contributed by atoms with Crippen molar-refractivity contribution in [2.45, 2.75) is 6.10 Å². The SMILES string of the molecule is Brc1ccc2nc(C3CNCCO3)[nH]c2c1. The van der Waals surface area contributed by atoms with Crippen LogP contribution in [0.1, 0.15) is 11.9 Å². The topological polar surface area (TPSA) is 49.9 Å². The average molecular weight is 282 g/mol. The molecule has 1 fully saturated rings. The minimum atomic E-state index is 0.0416. The lowest BCUT2D eigenvalue weighted by molar-refractivity contribution is 0.0228. The fraction of sp³-hybridized carbons (Fsp3) is 0.364. The van der Waals surface area contributed by atoms with Crippen LogP contribution in [-0.4, -0.2) is 29.7 Å². The number of imidazole rings is 1. The molecule has 0 amide bonds. The van der Waals surface area contributed by atoms with Crippen molar-refractivity contribution in [3.63, 3.8) is 0 Å². The largest absolute Gasteiger partial charge is 0.368 e. The normalized spacial score (nSPS) is 21.4. The highest BCUT2D eigenvalue weighted by Gasteiger charge is 2.18. The van der Waals surface area contributed by atoms with E-state index in [9.17, 15) is 0 Å². The Morgan fingerprint density at radius 3 is 3.19 bits per heavy atom. The van der Waals surface area contributed by atoms with Crippen molar-refractivity contribution in [2.24, 2.45) is 0 Å². The van der Waals surface area contributed by atoms with Crippen molar-refractivity contribution in [2.75, 3.05) is 19.7 Å². The first-order valence-electron chi connectivity index (χ1n) is 5.30. The fourth-order valence-electron chi connectivity index (χ4n) is 1.90. The Bertz CT molecular complexity index is 505. The van der Waals surface area contributed by atoms with Gasteiger partial charge >= 0.3 is 0 Å². The van der Waals surface area contributed by atoms with Gasteiger partial charge in [-0.2, -0.15) is 0 Å². The molecular formula is C11H12BrN3O. The van der Waals surface area contributed by atoms with Gasteiger partial charge in [0.1, 0.15) is 11.9 Å². The van der Waals surface area contributed by atoms with Crippen molar-refractivity contribution >= 4 is 27.0 Å². The first kappa shape index (κ1) is 10.3. The lowest BCUT2D eigenvalue weighted by Crippen LogP contribution is -2.33. The van der Waals surface area contributed by atoms with E-state index in [1.807, 2.05) is 18.2 Å². The smallest absolute Gasteiger partial charge is 0.137 e. The van der Waals surface area contributed by atoms with Crippen LogP contribution in [0.2, 0.25) is 0 Å². The Balaban J connectivity index is 1.97. The number of H-pyrrole nitrogens is 1. The molecule has 1 aromatic heterocycles. The van der Waals surface area contributed by atoms with Crippen LogP contribution in [0.3, 0.4) is 0 Å². The molecule has 4 nitrogen and oxygen atoms in total. The molecule has 2 aromatic rings. The van der Waals surface area contributed by atoms with Gasteiger partial charge in [0, 0.05) is 17.6 Å². The number of hydrogen-bond donors (Lipinski definition) is 2. The standard InChI is InChI=1S/C11H12BrN3O/c12-7-1-2-8-9(5-7)15-11(14-8)10-6-13-3-4-16-10/h1-2,5,10,13H,3-4,6H2,(H,14,15). The quantitative estimate of drug-likeness (QED) is 0.841. The molecule has 1 saturated heterocycles. The minimum Gasteiger partial charge on any atom is -0.368 e. The third kappa shape index (κ3) is 1.86. The summed E-state index contributed by atoms with van der Waals surface area (Å²) in [6.07, 6.45) is 0.0416. The van der Waals surface area contributed by atoms with Crippen LogP contribution in [-0.2, 0) is 4.74 Å². The van der Waals surface area contributed by atoms with Gasteiger partial charge in [-0.05, 0) is 18.2 Å². The van der Waals surface area contributed by atoms with Crippen molar-refractivity contribution < 1.29 is 4.74 Å². The summed E-state index contributed by atoms with van der Waals surface area (Å²) in [7, 11) is 0. The van der Waals surface area contributed by atoms with Crippen LogP contribution in [0.25, 0.3) is 11.0 Å². The van der Waals surface area contributed by atoms with E-state index in [1.54, 1.807) is 0 Å². The molecule has 5 heteroatoms. The average Bonchev–Trinajstić information content (AvgIpc) is 2.73. The van der Waals surface area contributed by atoms with Gasteiger partial charge in [-0.3, -0.25) is 0 Å². The first-order valence-corrected chi connectivity index (χ1v) is 6.10. The summed E-state index contributed by atoms with van der Waals surface area (Å²) in [4.78, 5) is 7.84. The van der Waals surface area contributed by atoms with E-state index >= 15 is 0 Å². The zero-order chi connectivity index (χ0) is 11.0. The number of aromatic amines is 1. The number of rotatable bonds is 1. The molecule has 3 rings (SSSR count). The zero-order valence-electron chi connectivity index (χ0n) is 8.66. The monoisotopic (exact) mass is 281 g/mol. The highest BCUT2D eigenvalue weighted by Crippen LogP contribution is 2.22. The minimum absolute atomic E-state index is 0.0416. The summed E-state index contributed by atoms with van der Waals surface area (Å²) in [6, 6.07) is 6.02. The maximum absolute atomic E-state index is 5.66. The predicted octanol–water partition coefficient (Wildman–Crippen LogP) is 1.99. The molecular weight excluding hydrogens is 270 g/mol. The van der Waals surface area contributed by atoms with Gasteiger partial charge < -0.3 is 15.0 Å². The second-order valence-corrected chi connectivity index (χ2v) is 4.76. The van der Waals surface area contributed by atoms with Crippen LogP contribution < -0.4 is 5.32 Å². The summed E-state index contributed by atoms with van der Waals surface area (Å²) in [5, 5.41) is 3.29. The molecule has 16 heavy (non-hydrogen) atoms. The van der Waals surface area contributed by atoms with E-state index in [1.165, 1.54) is 0 Å². The van der Waals surface area contributed by atoms with Crippen molar-refractivity contribution in [1.29, 1.82) is 0 Å². The van der Waals surface area contributed by atoms with Crippen LogP contribution in [0, 0.1) is 0 Å². The van der Waals surface area contributed by atoms with E-state index in [0.29, 0.717) is 0 Å². The number of nitrogens with zero attached hydrogens (tertiary/aromatic N) is 1. The summed E-state index contributed by atoms with van der Waals surface area (Å²) in [6.45, 7) is 2.48. The van der Waals surface area contributed by atoms with Crippen LogP contribution in [0.5, 0.6) is 0 Å².